The largest absolute Gasteiger partial charge is 0.478 e. The van der Waals surface area contributed by atoms with Crippen LogP contribution in [0.5, 0.6) is 0 Å². The number of carboxylic acids is 2. The number of benzene rings is 2. The number of hydrogen-bond donors (Lipinski definition) is 2. The molecule has 4 nitrogen and oxygen atoms in total. The minimum atomic E-state index is -1.22. The first-order valence-corrected chi connectivity index (χ1v) is 7.69. The second-order valence-electron chi connectivity index (χ2n) is 5.55. The standard InChI is InChI=1S/C19H20O4/c1-2-3-5-13-8-10-14(11-9-13)12-15-6-4-7-16(18(20)21)17(15)19(22)23/h4,6-11H,2-3,5,12H2,1H3,(H,20,21)(H,22,23). The molecule has 0 aliphatic heterocycles. The van der Waals surface area contributed by atoms with Crippen molar-refractivity contribution in [1.29, 1.82) is 0 Å². The highest BCUT2D eigenvalue weighted by Gasteiger charge is 2.19. The van der Waals surface area contributed by atoms with E-state index in [1.807, 2.05) is 24.3 Å². The number of hydrogen-bond acceptors (Lipinski definition) is 2. The van der Waals surface area contributed by atoms with Gasteiger partial charge in [-0.05, 0) is 42.0 Å². The van der Waals surface area contributed by atoms with Crippen LogP contribution in [-0.2, 0) is 12.8 Å². The van der Waals surface area contributed by atoms with Gasteiger partial charge < -0.3 is 10.2 Å². The third-order valence-electron chi connectivity index (χ3n) is 3.83. The Balaban J connectivity index is 2.27. The lowest BCUT2D eigenvalue weighted by atomic mass is 9.95. The van der Waals surface area contributed by atoms with Gasteiger partial charge in [0.2, 0.25) is 0 Å². The van der Waals surface area contributed by atoms with Crippen molar-refractivity contribution >= 4 is 11.9 Å². The lowest BCUT2D eigenvalue weighted by Gasteiger charge is -2.10. The highest BCUT2D eigenvalue weighted by molar-refractivity contribution is 6.02. The zero-order chi connectivity index (χ0) is 16.8. The average molecular weight is 312 g/mol. The summed E-state index contributed by atoms with van der Waals surface area (Å²) < 4.78 is 0. The third-order valence-corrected chi connectivity index (χ3v) is 3.83. The summed E-state index contributed by atoms with van der Waals surface area (Å²) >= 11 is 0. The van der Waals surface area contributed by atoms with Crippen LogP contribution in [0.1, 0.15) is 57.2 Å². The van der Waals surface area contributed by atoms with Crippen molar-refractivity contribution in [2.45, 2.75) is 32.6 Å². The molecule has 0 radical (unpaired) electrons. The Morgan fingerprint density at radius 3 is 2.13 bits per heavy atom. The van der Waals surface area contributed by atoms with Gasteiger partial charge in [0, 0.05) is 0 Å². The molecule has 2 rings (SSSR count). The van der Waals surface area contributed by atoms with Crippen molar-refractivity contribution in [3.05, 3.63) is 70.3 Å². The Hall–Kier alpha value is -2.62. The van der Waals surface area contributed by atoms with E-state index in [0.29, 0.717) is 12.0 Å². The van der Waals surface area contributed by atoms with Crippen LogP contribution in [0.2, 0.25) is 0 Å². The van der Waals surface area contributed by atoms with Crippen molar-refractivity contribution in [3.63, 3.8) is 0 Å². The van der Waals surface area contributed by atoms with E-state index in [9.17, 15) is 14.7 Å². The Bertz CT molecular complexity index is 702. The van der Waals surface area contributed by atoms with Crippen LogP contribution in [0.3, 0.4) is 0 Å². The number of unbranched alkanes of at least 4 members (excludes halogenated alkanes) is 1. The highest BCUT2D eigenvalue weighted by atomic mass is 16.4. The van der Waals surface area contributed by atoms with Crippen LogP contribution in [0.4, 0.5) is 0 Å². The summed E-state index contributed by atoms with van der Waals surface area (Å²) in [6.45, 7) is 2.15. The first-order valence-electron chi connectivity index (χ1n) is 7.69. The minimum absolute atomic E-state index is 0.130. The molecule has 0 aliphatic carbocycles. The fourth-order valence-electron chi connectivity index (χ4n) is 2.60. The fourth-order valence-corrected chi connectivity index (χ4v) is 2.60. The number of carbonyl (C=O) groups is 2. The number of carboxylic acid groups (broad SMARTS) is 2. The predicted molar refractivity (Wildman–Crippen MR) is 88.2 cm³/mol. The van der Waals surface area contributed by atoms with E-state index in [0.717, 1.165) is 24.8 Å². The second-order valence-corrected chi connectivity index (χ2v) is 5.55. The summed E-state index contributed by atoms with van der Waals surface area (Å²) in [6, 6.07) is 12.6. The monoisotopic (exact) mass is 312 g/mol. The number of aromatic carboxylic acids is 2. The van der Waals surface area contributed by atoms with Gasteiger partial charge in [-0.25, -0.2) is 9.59 Å². The van der Waals surface area contributed by atoms with Gasteiger partial charge in [-0.1, -0.05) is 49.7 Å². The van der Waals surface area contributed by atoms with Crippen LogP contribution >= 0.6 is 0 Å². The molecule has 0 aliphatic rings. The molecule has 0 saturated heterocycles. The second kappa shape index (κ2) is 7.58. The molecule has 0 heterocycles. The van der Waals surface area contributed by atoms with Gasteiger partial charge in [0.25, 0.3) is 0 Å². The molecule has 2 aromatic rings. The van der Waals surface area contributed by atoms with Crippen molar-refractivity contribution < 1.29 is 19.8 Å². The molecule has 23 heavy (non-hydrogen) atoms. The third kappa shape index (κ3) is 4.19. The van der Waals surface area contributed by atoms with Crippen molar-refractivity contribution in [2.75, 3.05) is 0 Å². The zero-order valence-electron chi connectivity index (χ0n) is 13.1. The van der Waals surface area contributed by atoms with Crippen molar-refractivity contribution in [3.8, 4) is 0 Å². The predicted octanol–water partition coefficient (Wildman–Crippen LogP) is 4.02. The summed E-state index contributed by atoms with van der Waals surface area (Å²) in [5.74, 6) is -2.43. The van der Waals surface area contributed by atoms with Crippen LogP contribution in [0.25, 0.3) is 0 Å². The molecule has 2 aromatic carbocycles. The van der Waals surface area contributed by atoms with Crippen molar-refractivity contribution in [2.24, 2.45) is 0 Å². The smallest absolute Gasteiger partial charge is 0.336 e. The molecule has 0 spiro atoms. The summed E-state index contributed by atoms with van der Waals surface area (Å²) in [5.41, 5.74) is 2.44. The van der Waals surface area contributed by atoms with Gasteiger partial charge in [-0.2, -0.15) is 0 Å². The highest BCUT2D eigenvalue weighted by Crippen LogP contribution is 2.20. The SMILES string of the molecule is CCCCc1ccc(Cc2cccc(C(=O)O)c2C(=O)O)cc1. The minimum Gasteiger partial charge on any atom is -0.478 e. The molecule has 0 amide bonds. The number of aryl methyl sites for hydroxylation is 1. The average Bonchev–Trinajstić information content (AvgIpc) is 2.53. The maximum atomic E-state index is 11.4. The Kier molecular flexibility index (Phi) is 5.52. The van der Waals surface area contributed by atoms with E-state index in [1.54, 1.807) is 12.1 Å². The van der Waals surface area contributed by atoms with Crippen LogP contribution < -0.4 is 0 Å². The van der Waals surface area contributed by atoms with E-state index in [-0.39, 0.29) is 11.1 Å². The lowest BCUT2D eigenvalue weighted by Crippen LogP contribution is -2.11. The molecular formula is C19H20O4. The zero-order valence-corrected chi connectivity index (χ0v) is 13.1. The molecule has 0 bridgehead atoms. The molecule has 0 unspecified atom stereocenters. The molecule has 2 N–H and O–H groups in total. The summed E-state index contributed by atoms with van der Waals surface area (Å²) in [4.78, 5) is 22.7. The first-order chi connectivity index (χ1) is 11.0. The van der Waals surface area contributed by atoms with Crippen LogP contribution in [0.15, 0.2) is 42.5 Å². The summed E-state index contributed by atoms with van der Waals surface area (Å²) in [7, 11) is 0. The molecule has 0 saturated carbocycles. The molecule has 4 heteroatoms. The van der Waals surface area contributed by atoms with Crippen LogP contribution in [-0.4, -0.2) is 22.2 Å². The summed E-state index contributed by atoms with van der Waals surface area (Å²) in [6.07, 6.45) is 3.72. The van der Waals surface area contributed by atoms with Gasteiger partial charge in [-0.3, -0.25) is 0 Å². The van der Waals surface area contributed by atoms with Crippen molar-refractivity contribution in [1.82, 2.24) is 0 Å². The van der Waals surface area contributed by atoms with E-state index < -0.39 is 11.9 Å². The van der Waals surface area contributed by atoms with Gasteiger partial charge >= 0.3 is 11.9 Å². The van der Waals surface area contributed by atoms with E-state index in [4.69, 9.17) is 5.11 Å². The molecule has 0 aromatic heterocycles. The summed E-state index contributed by atoms with van der Waals surface area (Å²) in [5, 5.41) is 18.5. The van der Waals surface area contributed by atoms with Gasteiger partial charge in [0.15, 0.2) is 0 Å². The molecule has 0 atom stereocenters. The lowest BCUT2D eigenvalue weighted by molar-refractivity contribution is 0.0650. The van der Waals surface area contributed by atoms with E-state index in [2.05, 4.69) is 6.92 Å². The molecule has 120 valence electrons. The quantitative estimate of drug-likeness (QED) is 0.810. The maximum absolute atomic E-state index is 11.4. The van der Waals surface area contributed by atoms with Gasteiger partial charge in [-0.15, -0.1) is 0 Å². The Morgan fingerprint density at radius 2 is 1.57 bits per heavy atom. The first kappa shape index (κ1) is 16.7. The molecule has 0 fully saturated rings. The van der Waals surface area contributed by atoms with Crippen LogP contribution in [0, 0.1) is 0 Å². The van der Waals surface area contributed by atoms with Gasteiger partial charge in [0.1, 0.15) is 0 Å². The van der Waals surface area contributed by atoms with Gasteiger partial charge in [0.05, 0.1) is 11.1 Å². The Labute approximate surface area is 135 Å². The molecular weight excluding hydrogens is 292 g/mol. The van der Waals surface area contributed by atoms with E-state index >= 15 is 0 Å². The fraction of sp³-hybridized carbons (Fsp3) is 0.263. The normalized spacial score (nSPS) is 10.5. The van der Waals surface area contributed by atoms with E-state index in [1.165, 1.54) is 11.6 Å². The maximum Gasteiger partial charge on any atom is 0.336 e. The Morgan fingerprint density at radius 1 is 0.913 bits per heavy atom. The topological polar surface area (TPSA) is 74.6 Å². The number of rotatable bonds is 7.